The molecule has 0 unspecified atom stereocenters. The topological polar surface area (TPSA) is 61.4 Å². The van der Waals surface area contributed by atoms with Crippen LogP contribution < -0.4 is 10.2 Å². The van der Waals surface area contributed by atoms with Crippen LogP contribution in [0, 0.1) is 6.92 Å². The van der Waals surface area contributed by atoms with Gasteiger partial charge in [-0.3, -0.25) is 4.79 Å². The highest BCUT2D eigenvalue weighted by Gasteiger charge is 2.14. The molecule has 1 N–H and O–H groups in total. The Kier molecular flexibility index (Phi) is 9.54. The van der Waals surface area contributed by atoms with Crippen molar-refractivity contribution in [2.75, 3.05) is 38.1 Å². The molecule has 2 rings (SSSR count). The number of nitrogens with zero attached hydrogens (tertiary/aromatic N) is 4. The molecule has 0 saturated carbocycles. The fourth-order valence-electron chi connectivity index (χ4n) is 3.20. The van der Waals surface area contributed by atoms with Crippen molar-refractivity contribution in [3.63, 3.8) is 0 Å². The second-order valence-electron chi connectivity index (χ2n) is 7.65. The maximum atomic E-state index is 12.4. The number of rotatable bonds is 12. The summed E-state index contributed by atoms with van der Waals surface area (Å²) in [6.45, 7) is 12.1. The summed E-state index contributed by atoms with van der Waals surface area (Å²) in [7, 11) is 1.89. The number of aromatic nitrogens is 2. The maximum Gasteiger partial charge on any atom is 0.239 e. The van der Waals surface area contributed by atoms with Gasteiger partial charge in [0.2, 0.25) is 11.0 Å². The number of carbonyl (C=O) groups is 1. The van der Waals surface area contributed by atoms with Crippen molar-refractivity contribution < 1.29 is 4.79 Å². The first-order valence-electron chi connectivity index (χ1n) is 10.5. The normalized spacial score (nSPS) is 12.2. The van der Waals surface area contributed by atoms with E-state index in [-0.39, 0.29) is 11.9 Å². The largest absolute Gasteiger partial charge is 0.352 e. The van der Waals surface area contributed by atoms with Crippen molar-refractivity contribution in [1.82, 2.24) is 19.6 Å². The number of hydrogen-bond donors (Lipinski definition) is 1. The molecule has 1 atom stereocenters. The zero-order valence-electron chi connectivity index (χ0n) is 18.4. The highest BCUT2D eigenvalue weighted by Crippen LogP contribution is 2.17. The van der Waals surface area contributed by atoms with Crippen LogP contribution >= 0.6 is 11.5 Å². The molecule has 0 bridgehead atoms. The maximum absolute atomic E-state index is 12.4. The first-order chi connectivity index (χ1) is 13.9. The lowest BCUT2D eigenvalue weighted by Crippen LogP contribution is -2.40. The van der Waals surface area contributed by atoms with Gasteiger partial charge in [0.1, 0.15) is 5.82 Å². The SMILES string of the molecule is CCN(CC)CCC[C@H](C)NC(=O)CN(C)c1nc(Cc2ccc(C)cc2)ns1. The van der Waals surface area contributed by atoms with Crippen LogP contribution in [0.15, 0.2) is 24.3 Å². The Morgan fingerprint density at radius 3 is 2.55 bits per heavy atom. The predicted molar refractivity (Wildman–Crippen MR) is 122 cm³/mol. The summed E-state index contributed by atoms with van der Waals surface area (Å²) >= 11 is 1.34. The number of nitrogens with one attached hydrogen (secondary N) is 1. The summed E-state index contributed by atoms with van der Waals surface area (Å²) in [5.41, 5.74) is 2.44. The van der Waals surface area contributed by atoms with E-state index in [2.05, 4.69) is 71.5 Å². The molecule has 0 aliphatic carbocycles. The van der Waals surface area contributed by atoms with Crippen molar-refractivity contribution in [2.45, 2.75) is 53.0 Å². The molecule has 0 saturated heterocycles. The van der Waals surface area contributed by atoms with Crippen LogP contribution in [0.25, 0.3) is 0 Å². The molecule has 29 heavy (non-hydrogen) atoms. The Bertz CT molecular complexity index is 742. The van der Waals surface area contributed by atoms with Gasteiger partial charge in [0.15, 0.2) is 0 Å². The van der Waals surface area contributed by atoms with E-state index in [0.29, 0.717) is 13.0 Å². The van der Waals surface area contributed by atoms with Crippen LogP contribution in [-0.4, -0.2) is 59.4 Å². The van der Waals surface area contributed by atoms with Crippen LogP contribution in [0.1, 0.15) is 50.6 Å². The van der Waals surface area contributed by atoms with Gasteiger partial charge in [-0.05, 0) is 51.9 Å². The number of hydrogen-bond acceptors (Lipinski definition) is 6. The molecule has 0 aliphatic heterocycles. The molecule has 0 fully saturated rings. The average Bonchev–Trinajstić information content (AvgIpc) is 3.15. The molecule has 1 heterocycles. The van der Waals surface area contributed by atoms with Crippen molar-refractivity contribution >= 4 is 22.6 Å². The molecule has 0 spiro atoms. The Labute approximate surface area is 179 Å². The summed E-state index contributed by atoms with van der Waals surface area (Å²) in [5, 5.41) is 3.87. The van der Waals surface area contributed by atoms with Gasteiger partial charge >= 0.3 is 0 Å². The first-order valence-corrected chi connectivity index (χ1v) is 11.3. The van der Waals surface area contributed by atoms with E-state index in [1.165, 1.54) is 22.7 Å². The third kappa shape index (κ3) is 8.11. The van der Waals surface area contributed by atoms with E-state index >= 15 is 0 Å². The zero-order chi connectivity index (χ0) is 21.2. The number of anilines is 1. The Balaban J connectivity index is 1.76. The number of aryl methyl sites for hydroxylation is 1. The first kappa shape index (κ1) is 23.3. The van der Waals surface area contributed by atoms with Gasteiger partial charge in [0.25, 0.3) is 0 Å². The molecule has 6 nitrogen and oxygen atoms in total. The van der Waals surface area contributed by atoms with Crippen molar-refractivity contribution in [2.24, 2.45) is 0 Å². The molecule has 7 heteroatoms. The molecule has 160 valence electrons. The van der Waals surface area contributed by atoms with Crippen molar-refractivity contribution in [3.8, 4) is 0 Å². The van der Waals surface area contributed by atoms with E-state index < -0.39 is 0 Å². The number of benzene rings is 1. The van der Waals surface area contributed by atoms with Crippen molar-refractivity contribution in [1.29, 1.82) is 0 Å². The van der Waals surface area contributed by atoms with Crippen molar-refractivity contribution in [3.05, 3.63) is 41.2 Å². The zero-order valence-corrected chi connectivity index (χ0v) is 19.3. The molecule has 1 aromatic carbocycles. The average molecular weight is 418 g/mol. The molecule has 1 amide bonds. The quantitative estimate of drug-likeness (QED) is 0.573. The second-order valence-corrected chi connectivity index (χ2v) is 8.38. The highest BCUT2D eigenvalue weighted by atomic mass is 32.1. The minimum Gasteiger partial charge on any atom is -0.352 e. The highest BCUT2D eigenvalue weighted by molar-refractivity contribution is 7.09. The third-order valence-electron chi connectivity index (χ3n) is 5.06. The summed E-state index contributed by atoms with van der Waals surface area (Å²) < 4.78 is 4.45. The standard InChI is InChI=1S/C22H35N5OS/c1-6-27(7-2)14-8-9-18(4)23-21(28)16-26(5)22-24-20(25-29-22)15-19-12-10-17(3)11-13-19/h10-13,18H,6-9,14-16H2,1-5H3,(H,23,28)/t18-/m0/s1. The number of amides is 1. The number of carbonyl (C=O) groups excluding carboxylic acids is 1. The Hall–Kier alpha value is -1.99. The second kappa shape index (κ2) is 11.9. The number of likely N-dealkylation sites (N-methyl/N-ethyl adjacent to an activating group) is 1. The third-order valence-corrected chi connectivity index (χ3v) is 5.93. The van der Waals surface area contributed by atoms with Gasteiger partial charge in [-0.15, -0.1) is 0 Å². The van der Waals surface area contributed by atoms with Gasteiger partial charge in [-0.25, -0.2) is 4.98 Å². The molecule has 0 radical (unpaired) electrons. The van der Waals surface area contributed by atoms with Crippen LogP contribution in [0.5, 0.6) is 0 Å². The molecule has 0 aliphatic rings. The summed E-state index contributed by atoms with van der Waals surface area (Å²) in [4.78, 5) is 21.2. The van der Waals surface area contributed by atoms with Crippen LogP contribution in [0.4, 0.5) is 5.13 Å². The summed E-state index contributed by atoms with van der Waals surface area (Å²) in [5.74, 6) is 0.823. The molecular formula is C22H35N5OS. The van der Waals surface area contributed by atoms with E-state index in [0.717, 1.165) is 43.4 Å². The van der Waals surface area contributed by atoms with E-state index in [4.69, 9.17) is 0 Å². The lowest BCUT2D eigenvalue weighted by Gasteiger charge is -2.21. The van der Waals surface area contributed by atoms with Gasteiger partial charge in [0, 0.05) is 31.0 Å². The summed E-state index contributed by atoms with van der Waals surface area (Å²) in [6.07, 6.45) is 2.80. The monoisotopic (exact) mass is 417 g/mol. The minimum absolute atomic E-state index is 0.0260. The fraction of sp³-hybridized carbons (Fsp3) is 0.591. The van der Waals surface area contributed by atoms with Gasteiger partial charge < -0.3 is 15.1 Å². The Morgan fingerprint density at radius 1 is 1.21 bits per heavy atom. The summed E-state index contributed by atoms with van der Waals surface area (Å²) in [6, 6.07) is 8.59. The van der Waals surface area contributed by atoms with Crippen LogP contribution in [-0.2, 0) is 11.2 Å². The lowest BCUT2D eigenvalue weighted by molar-refractivity contribution is -0.120. The van der Waals surface area contributed by atoms with Crippen LogP contribution in [0.3, 0.4) is 0 Å². The predicted octanol–water partition coefficient (Wildman–Crippen LogP) is 3.50. The van der Waals surface area contributed by atoms with E-state index in [9.17, 15) is 4.79 Å². The van der Waals surface area contributed by atoms with E-state index in [1.54, 1.807) is 0 Å². The van der Waals surface area contributed by atoms with E-state index in [1.807, 2.05) is 11.9 Å². The van der Waals surface area contributed by atoms with Gasteiger partial charge in [-0.2, -0.15) is 4.37 Å². The Morgan fingerprint density at radius 2 is 1.90 bits per heavy atom. The van der Waals surface area contributed by atoms with Gasteiger partial charge in [0.05, 0.1) is 6.54 Å². The molecule has 2 aromatic rings. The fourth-order valence-corrected chi connectivity index (χ4v) is 3.84. The van der Waals surface area contributed by atoms with Crippen LogP contribution in [0.2, 0.25) is 0 Å². The molecule has 1 aromatic heterocycles. The molecular weight excluding hydrogens is 382 g/mol. The van der Waals surface area contributed by atoms with Gasteiger partial charge in [-0.1, -0.05) is 43.7 Å². The smallest absolute Gasteiger partial charge is 0.239 e. The minimum atomic E-state index is 0.0260. The lowest BCUT2D eigenvalue weighted by atomic mass is 10.1.